The zero-order chi connectivity index (χ0) is 15.6. The largest absolute Gasteiger partial charge is 0.432 e. The highest BCUT2D eigenvalue weighted by Gasteiger charge is 2.33. The first-order chi connectivity index (χ1) is 10.5. The number of thiophene rings is 1. The minimum Gasteiger partial charge on any atom is -0.273 e. The molecule has 0 unspecified atom stereocenters. The number of pyridine rings is 1. The Labute approximate surface area is 128 Å². The van der Waals surface area contributed by atoms with Crippen LogP contribution in [-0.2, 0) is 6.18 Å². The molecule has 0 aliphatic rings. The zero-order valence-corrected chi connectivity index (χ0v) is 11.9. The van der Waals surface area contributed by atoms with Crippen LogP contribution in [0, 0.1) is 0 Å². The third-order valence-corrected chi connectivity index (χ3v) is 3.75. The molecule has 22 heavy (non-hydrogen) atoms. The second kappa shape index (κ2) is 5.76. The number of H-pyrrole nitrogens is 1. The molecule has 3 aromatic heterocycles. The molecule has 0 fully saturated rings. The van der Waals surface area contributed by atoms with Crippen LogP contribution in [0.2, 0.25) is 0 Å². The van der Waals surface area contributed by atoms with E-state index in [1.807, 2.05) is 34.8 Å². The van der Waals surface area contributed by atoms with E-state index in [4.69, 9.17) is 0 Å². The van der Waals surface area contributed by atoms with Crippen molar-refractivity contribution in [2.75, 3.05) is 0 Å². The van der Waals surface area contributed by atoms with Crippen molar-refractivity contribution in [1.82, 2.24) is 15.2 Å². The van der Waals surface area contributed by atoms with Gasteiger partial charge in [0.2, 0.25) is 0 Å². The number of aromatic amines is 1. The summed E-state index contributed by atoms with van der Waals surface area (Å²) in [6.45, 7) is 0. The normalized spacial score (nSPS) is 12.1. The maximum atomic E-state index is 12.6. The summed E-state index contributed by atoms with van der Waals surface area (Å²) in [6, 6.07) is 8.36. The Morgan fingerprint density at radius 1 is 1.09 bits per heavy atom. The summed E-state index contributed by atoms with van der Waals surface area (Å²) in [5.74, 6) is 0. The van der Waals surface area contributed by atoms with Crippen molar-refractivity contribution in [3.8, 4) is 11.4 Å². The number of hydrogen-bond donors (Lipinski definition) is 1. The van der Waals surface area contributed by atoms with Crippen LogP contribution in [0.4, 0.5) is 13.2 Å². The summed E-state index contributed by atoms with van der Waals surface area (Å²) in [7, 11) is 0. The summed E-state index contributed by atoms with van der Waals surface area (Å²) in [6.07, 6.45) is 0.928. The van der Waals surface area contributed by atoms with Gasteiger partial charge in [0.1, 0.15) is 11.4 Å². The third kappa shape index (κ3) is 3.25. The second-order valence-corrected chi connectivity index (χ2v) is 5.47. The van der Waals surface area contributed by atoms with Crippen LogP contribution in [0.3, 0.4) is 0 Å². The molecular weight excluding hydrogens is 311 g/mol. The molecule has 1 N–H and O–H groups in total. The molecule has 0 amide bonds. The molecule has 0 radical (unpaired) electrons. The van der Waals surface area contributed by atoms with Crippen molar-refractivity contribution in [2.45, 2.75) is 6.18 Å². The highest BCUT2D eigenvalue weighted by atomic mass is 32.1. The quantitative estimate of drug-likeness (QED) is 0.758. The monoisotopic (exact) mass is 321 g/mol. The first-order valence-electron chi connectivity index (χ1n) is 6.33. The molecule has 0 saturated carbocycles. The Kier molecular flexibility index (Phi) is 3.81. The topological polar surface area (TPSA) is 41.6 Å². The van der Waals surface area contributed by atoms with Crippen LogP contribution in [0.15, 0.2) is 41.9 Å². The Balaban J connectivity index is 1.86. The summed E-state index contributed by atoms with van der Waals surface area (Å²) >= 11 is 1.60. The van der Waals surface area contributed by atoms with Crippen LogP contribution in [0.1, 0.15) is 16.1 Å². The van der Waals surface area contributed by atoms with Crippen molar-refractivity contribution >= 4 is 23.5 Å². The molecule has 3 rings (SSSR count). The maximum absolute atomic E-state index is 12.6. The van der Waals surface area contributed by atoms with Crippen molar-refractivity contribution in [2.24, 2.45) is 0 Å². The molecule has 3 heterocycles. The number of rotatable bonds is 3. The fraction of sp³-hybridized carbons (Fsp3) is 0.0667. The van der Waals surface area contributed by atoms with Gasteiger partial charge in [0.05, 0.1) is 5.69 Å². The molecule has 0 atom stereocenters. The van der Waals surface area contributed by atoms with Crippen LogP contribution in [0.25, 0.3) is 23.5 Å². The molecule has 0 bridgehead atoms. The number of aromatic nitrogens is 3. The van der Waals surface area contributed by atoms with E-state index in [0.717, 1.165) is 16.5 Å². The fourth-order valence-corrected chi connectivity index (χ4v) is 2.47. The molecule has 7 heteroatoms. The predicted octanol–water partition coefficient (Wildman–Crippen LogP) is 4.72. The van der Waals surface area contributed by atoms with Gasteiger partial charge in [0, 0.05) is 11.1 Å². The van der Waals surface area contributed by atoms with Gasteiger partial charge in [0.25, 0.3) is 0 Å². The number of alkyl halides is 3. The highest BCUT2D eigenvalue weighted by Crippen LogP contribution is 2.30. The summed E-state index contributed by atoms with van der Waals surface area (Å²) in [5, 5.41) is 7.63. The lowest BCUT2D eigenvalue weighted by Crippen LogP contribution is -2.04. The van der Waals surface area contributed by atoms with Crippen molar-refractivity contribution in [3.05, 3.63) is 58.0 Å². The van der Waals surface area contributed by atoms with E-state index in [-0.39, 0.29) is 5.69 Å². The lowest BCUT2D eigenvalue weighted by Gasteiger charge is -2.00. The molecule has 3 aromatic rings. The number of nitrogens with one attached hydrogen (secondary N) is 1. The van der Waals surface area contributed by atoms with E-state index >= 15 is 0 Å². The Morgan fingerprint density at radius 2 is 1.95 bits per heavy atom. The maximum Gasteiger partial charge on any atom is 0.432 e. The SMILES string of the molecule is FC(F)(F)c1cc(-c2cc(/C=C/c3cccs3)ccn2)n[nH]1. The van der Waals surface area contributed by atoms with Crippen LogP contribution in [0.5, 0.6) is 0 Å². The van der Waals surface area contributed by atoms with E-state index in [1.54, 1.807) is 29.7 Å². The average molecular weight is 321 g/mol. The first kappa shape index (κ1) is 14.5. The van der Waals surface area contributed by atoms with Crippen LogP contribution in [-0.4, -0.2) is 15.2 Å². The van der Waals surface area contributed by atoms with Gasteiger partial charge in [0.15, 0.2) is 0 Å². The molecule has 112 valence electrons. The first-order valence-corrected chi connectivity index (χ1v) is 7.21. The minimum absolute atomic E-state index is 0.165. The van der Waals surface area contributed by atoms with Crippen molar-refractivity contribution in [3.63, 3.8) is 0 Å². The predicted molar refractivity (Wildman–Crippen MR) is 80.1 cm³/mol. The summed E-state index contributed by atoms with van der Waals surface area (Å²) < 4.78 is 37.7. The lowest BCUT2D eigenvalue weighted by molar-refractivity contribution is -0.141. The van der Waals surface area contributed by atoms with E-state index < -0.39 is 11.9 Å². The Morgan fingerprint density at radius 3 is 2.64 bits per heavy atom. The van der Waals surface area contributed by atoms with Gasteiger partial charge in [-0.2, -0.15) is 18.3 Å². The number of nitrogens with zero attached hydrogens (tertiary/aromatic N) is 2. The average Bonchev–Trinajstić information content (AvgIpc) is 3.16. The molecule has 0 spiro atoms. The third-order valence-electron chi connectivity index (χ3n) is 2.91. The van der Waals surface area contributed by atoms with Crippen LogP contribution >= 0.6 is 11.3 Å². The van der Waals surface area contributed by atoms with Gasteiger partial charge in [-0.3, -0.25) is 10.1 Å². The standard InChI is InChI=1S/C15H10F3N3S/c16-15(17,18)14-9-13(20-21-14)12-8-10(5-6-19-12)3-4-11-2-1-7-22-11/h1-9H,(H,20,21)/b4-3+. The molecule has 0 aromatic carbocycles. The molecular formula is C15H10F3N3S. The Hall–Kier alpha value is -2.41. The highest BCUT2D eigenvalue weighted by molar-refractivity contribution is 7.10. The smallest absolute Gasteiger partial charge is 0.273 e. The van der Waals surface area contributed by atoms with Gasteiger partial charge >= 0.3 is 6.18 Å². The van der Waals surface area contributed by atoms with Gasteiger partial charge < -0.3 is 0 Å². The second-order valence-electron chi connectivity index (χ2n) is 4.49. The van der Waals surface area contributed by atoms with E-state index in [2.05, 4.69) is 10.1 Å². The van der Waals surface area contributed by atoms with E-state index in [9.17, 15) is 13.2 Å². The van der Waals surface area contributed by atoms with Crippen molar-refractivity contribution < 1.29 is 13.2 Å². The van der Waals surface area contributed by atoms with Gasteiger partial charge in [-0.15, -0.1) is 11.3 Å². The van der Waals surface area contributed by atoms with Gasteiger partial charge in [-0.1, -0.05) is 12.1 Å². The number of hydrogen-bond acceptors (Lipinski definition) is 3. The minimum atomic E-state index is -4.44. The molecule has 0 aliphatic heterocycles. The van der Waals surface area contributed by atoms with Crippen LogP contribution < -0.4 is 0 Å². The summed E-state index contributed by atoms with van der Waals surface area (Å²) in [4.78, 5) is 5.16. The zero-order valence-electron chi connectivity index (χ0n) is 11.1. The molecule has 0 saturated heterocycles. The fourth-order valence-electron chi connectivity index (χ4n) is 1.85. The summed E-state index contributed by atoms with van der Waals surface area (Å²) in [5.41, 5.74) is 0.512. The van der Waals surface area contributed by atoms with Crippen molar-refractivity contribution in [1.29, 1.82) is 0 Å². The van der Waals surface area contributed by atoms with E-state index in [1.165, 1.54) is 0 Å². The Bertz CT molecular complexity index is 788. The van der Waals surface area contributed by atoms with Gasteiger partial charge in [-0.05, 0) is 41.3 Å². The molecule has 0 aliphatic carbocycles. The van der Waals surface area contributed by atoms with Gasteiger partial charge in [-0.25, -0.2) is 0 Å². The van der Waals surface area contributed by atoms with E-state index in [0.29, 0.717) is 5.69 Å². The number of halogens is 3. The lowest BCUT2D eigenvalue weighted by atomic mass is 10.1. The molecule has 3 nitrogen and oxygen atoms in total.